The zero-order chi connectivity index (χ0) is 10.0. The molecule has 0 aromatic carbocycles. The Balaban J connectivity index is 0.00000169. The molecule has 1 aromatic rings. The summed E-state index contributed by atoms with van der Waals surface area (Å²) in [4.78, 5) is 21.0. The molecule has 0 saturated carbocycles. The van der Waals surface area contributed by atoms with Crippen LogP contribution in [-0.2, 0) is 7.05 Å². The number of nitrogens with zero attached hydrogens (tertiary/aromatic N) is 2. The highest BCUT2D eigenvalue weighted by molar-refractivity contribution is 5.95. The van der Waals surface area contributed by atoms with Gasteiger partial charge in [-0.3, -0.25) is 4.79 Å². The van der Waals surface area contributed by atoms with Gasteiger partial charge in [-0.05, 0) is 11.0 Å². The molecule has 3 N–H and O–H groups in total. The maximum atomic E-state index is 11.2. The van der Waals surface area contributed by atoms with Gasteiger partial charge in [0.1, 0.15) is 6.54 Å². The van der Waals surface area contributed by atoms with Crippen LogP contribution in [0.4, 0.5) is 5.82 Å². The molecule has 0 bridgehead atoms. The molecule has 0 amide bonds. The number of carbonyl (C=O) groups is 1. The van der Waals surface area contributed by atoms with E-state index < -0.39 is 4.92 Å². The van der Waals surface area contributed by atoms with Crippen molar-refractivity contribution in [2.75, 3.05) is 6.54 Å². The third kappa shape index (κ3) is 2.09. The van der Waals surface area contributed by atoms with Gasteiger partial charge in [0.25, 0.3) is 5.78 Å². The van der Waals surface area contributed by atoms with Gasteiger partial charge in [0.05, 0.1) is 7.05 Å². The second-order valence-corrected chi connectivity index (χ2v) is 2.57. The van der Waals surface area contributed by atoms with E-state index in [9.17, 15) is 14.9 Å². The molecule has 1 rings (SSSR count). The van der Waals surface area contributed by atoms with E-state index in [2.05, 4.69) is 5.73 Å². The smallest absolute Gasteiger partial charge is 0.323 e. The first-order valence-corrected chi connectivity index (χ1v) is 3.70. The van der Waals surface area contributed by atoms with E-state index in [0.717, 1.165) is 0 Å². The van der Waals surface area contributed by atoms with E-state index >= 15 is 0 Å². The number of halogens is 1. The Kier molecular flexibility index (Phi) is 4.26. The van der Waals surface area contributed by atoms with Crippen LogP contribution >= 0.6 is 0 Å². The largest absolute Gasteiger partial charge is 1.00 e. The second-order valence-electron chi connectivity index (χ2n) is 2.57. The fourth-order valence-corrected chi connectivity index (χ4v) is 1.09. The molecule has 7 heteroatoms. The van der Waals surface area contributed by atoms with Crippen LogP contribution in [0.5, 0.6) is 0 Å². The normalized spacial score (nSPS) is 9.29. The predicted molar refractivity (Wildman–Crippen MR) is 44.2 cm³/mol. The maximum absolute atomic E-state index is 11.2. The summed E-state index contributed by atoms with van der Waals surface area (Å²) >= 11 is 0. The summed E-state index contributed by atoms with van der Waals surface area (Å²) in [6, 6.07) is 2.74. The van der Waals surface area contributed by atoms with Crippen molar-refractivity contribution in [3.63, 3.8) is 0 Å². The highest BCUT2D eigenvalue weighted by Gasteiger charge is 2.19. The van der Waals surface area contributed by atoms with Crippen LogP contribution in [-0.4, -0.2) is 21.8 Å². The van der Waals surface area contributed by atoms with Crippen LogP contribution in [0.1, 0.15) is 10.5 Å². The van der Waals surface area contributed by atoms with Crippen LogP contribution < -0.4 is 18.1 Å². The van der Waals surface area contributed by atoms with Gasteiger partial charge < -0.3 is 28.3 Å². The molecule has 0 atom stereocenters. The molecular formula is C7H10ClN3O3. The lowest BCUT2D eigenvalue weighted by Gasteiger charge is -1.96. The highest BCUT2D eigenvalue weighted by atomic mass is 35.5. The Morgan fingerprint density at radius 2 is 2.21 bits per heavy atom. The number of quaternary nitrogens is 1. The Hall–Kier alpha value is -1.40. The zero-order valence-electron chi connectivity index (χ0n) is 7.57. The quantitative estimate of drug-likeness (QED) is 0.323. The van der Waals surface area contributed by atoms with Crippen LogP contribution in [0.25, 0.3) is 0 Å². The van der Waals surface area contributed by atoms with Crippen LogP contribution in [0, 0.1) is 10.1 Å². The SMILES string of the molecule is Cn1c(C(=O)C[NH3+])ccc1[N+](=O)[O-].[Cl-]. The molecule has 0 aliphatic heterocycles. The molecule has 0 radical (unpaired) electrons. The third-order valence-corrected chi connectivity index (χ3v) is 1.80. The molecule has 0 spiro atoms. The minimum absolute atomic E-state index is 0. The summed E-state index contributed by atoms with van der Waals surface area (Å²) in [5.41, 5.74) is 3.75. The molecule has 0 aliphatic rings. The maximum Gasteiger partial charge on any atom is 0.323 e. The average Bonchev–Trinajstić information content (AvgIpc) is 2.46. The number of nitro groups is 1. The van der Waals surface area contributed by atoms with Crippen LogP contribution in [0.3, 0.4) is 0 Å². The number of hydrogen-bond donors (Lipinski definition) is 1. The number of hydrogen-bond acceptors (Lipinski definition) is 3. The molecule has 78 valence electrons. The number of ketones is 1. The number of rotatable bonds is 3. The summed E-state index contributed by atoms with van der Waals surface area (Å²) in [6.45, 7) is 0.106. The van der Waals surface area contributed by atoms with Gasteiger partial charge >= 0.3 is 5.82 Å². The topological polar surface area (TPSA) is 92.8 Å². The monoisotopic (exact) mass is 219 g/mol. The number of carbonyl (C=O) groups excluding carboxylic acids is 1. The molecule has 0 aliphatic carbocycles. The number of Topliss-reactive ketones (excluding diaryl/α,β-unsaturated/α-hetero) is 1. The van der Waals surface area contributed by atoms with Crippen molar-refractivity contribution < 1.29 is 27.9 Å². The molecule has 0 fully saturated rings. The first-order valence-electron chi connectivity index (χ1n) is 3.70. The lowest BCUT2D eigenvalue weighted by molar-refractivity contribution is -0.391. The minimum Gasteiger partial charge on any atom is -1.00 e. The van der Waals surface area contributed by atoms with Gasteiger partial charge in [0, 0.05) is 6.07 Å². The molecule has 0 unspecified atom stereocenters. The third-order valence-electron chi connectivity index (χ3n) is 1.80. The Bertz CT molecular complexity index is 361. The van der Waals surface area contributed by atoms with Crippen molar-refractivity contribution >= 4 is 11.6 Å². The predicted octanol–water partition coefficient (Wildman–Crippen LogP) is -3.64. The second kappa shape index (κ2) is 4.73. The Labute approximate surface area is 86.3 Å². The summed E-state index contributed by atoms with van der Waals surface area (Å²) < 4.78 is 1.26. The van der Waals surface area contributed by atoms with Crippen molar-refractivity contribution in [1.82, 2.24) is 4.57 Å². The Morgan fingerprint density at radius 3 is 2.57 bits per heavy atom. The van der Waals surface area contributed by atoms with E-state index in [1.54, 1.807) is 0 Å². The lowest BCUT2D eigenvalue weighted by atomic mass is 10.3. The van der Waals surface area contributed by atoms with Gasteiger partial charge in [0.2, 0.25) is 0 Å². The average molecular weight is 220 g/mol. The van der Waals surface area contributed by atoms with E-state index in [4.69, 9.17) is 0 Å². The van der Waals surface area contributed by atoms with Gasteiger partial charge in [0.15, 0.2) is 5.69 Å². The lowest BCUT2D eigenvalue weighted by Crippen LogP contribution is -3.00. The zero-order valence-corrected chi connectivity index (χ0v) is 8.32. The van der Waals surface area contributed by atoms with Gasteiger partial charge in [-0.25, -0.2) is 4.57 Å². The molecule has 1 aromatic heterocycles. The van der Waals surface area contributed by atoms with Crippen molar-refractivity contribution in [2.24, 2.45) is 7.05 Å². The summed E-state index contributed by atoms with van der Waals surface area (Å²) in [6.07, 6.45) is 0. The summed E-state index contributed by atoms with van der Waals surface area (Å²) in [5.74, 6) is -0.285. The van der Waals surface area contributed by atoms with E-state index in [1.165, 1.54) is 23.7 Å². The molecular weight excluding hydrogens is 210 g/mol. The van der Waals surface area contributed by atoms with Crippen molar-refractivity contribution in [2.45, 2.75) is 0 Å². The van der Waals surface area contributed by atoms with Gasteiger partial charge in [-0.1, -0.05) is 0 Å². The first-order chi connectivity index (χ1) is 6.07. The van der Waals surface area contributed by atoms with Crippen molar-refractivity contribution in [1.29, 1.82) is 0 Å². The van der Waals surface area contributed by atoms with Gasteiger partial charge in [-0.15, -0.1) is 0 Å². The van der Waals surface area contributed by atoms with Crippen LogP contribution in [0.15, 0.2) is 12.1 Å². The van der Waals surface area contributed by atoms with E-state index in [-0.39, 0.29) is 30.6 Å². The molecule has 1 heterocycles. The summed E-state index contributed by atoms with van der Waals surface area (Å²) in [5, 5.41) is 10.4. The van der Waals surface area contributed by atoms with E-state index in [1.807, 2.05) is 0 Å². The van der Waals surface area contributed by atoms with Gasteiger partial charge in [-0.2, -0.15) is 0 Å². The molecule has 14 heavy (non-hydrogen) atoms. The highest BCUT2D eigenvalue weighted by Crippen LogP contribution is 2.14. The fraction of sp³-hybridized carbons (Fsp3) is 0.286. The first kappa shape index (κ1) is 12.6. The Morgan fingerprint density at radius 1 is 1.64 bits per heavy atom. The standard InChI is InChI=1S/C7H9N3O3.ClH/c1-9-5(6(11)4-8)2-3-7(9)10(12)13;/h2-3H,4,8H2,1H3;1H. The molecule has 6 nitrogen and oxygen atoms in total. The number of aromatic nitrogens is 1. The van der Waals surface area contributed by atoms with E-state index in [0.29, 0.717) is 5.69 Å². The van der Waals surface area contributed by atoms with Crippen LogP contribution in [0.2, 0.25) is 0 Å². The van der Waals surface area contributed by atoms with Crippen molar-refractivity contribution in [3.8, 4) is 0 Å². The van der Waals surface area contributed by atoms with Crippen molar-refractivity contribution in [3.05, 3.63) is 27.9 Å². The molecule has 0 saturated heterocycles. The minimum atomic E-state index is -0.528. The fourth-order valence-electron chi connectivity index (χ4n) is 1.09. The summed E-state index contributed by atoms with van der Waals surface area (Å²) in [7, 11) is 1.49.